The van der Waals surface area contributed by atoms with Crippen molar-refractivity contribution in [2.45, 2.75) is 13.0 Å². The van der Waals surface area contributed by atoms with Gasteiger partial charge < -0.3 is 14.8 Å². The molecule has 0 bridgehead atoms. The van der Waals surface area contributed by atoms with E-state index in [1.54, 1.807) is 79.7 Å². The van der Waals surface area contributed by atoms with E-state index >= 15 is 0 Å². The summed E-state index contributed by atoms with van der Waals surface area (Å²) in [6.45, 7) is 1.57. The van der Waals surface area contributed by atoms with Crippen LogP contribution in [0.2, 0.25) is 0 Å². The van der Waals surface area contributed by atoms with Crippen LogP contribution in [0, 0.1) is 11.3 Å². The highest BCUT2D eigenvalue weighted by atomic mass is 16.6. The van der Waals surface area contributed by atoms with Crippen molar-refractivity contribution >= 4 is 17.6 Å². The molecule has 0 saturated heterocycles. The standard InChI is InChI=1S/C23H18N2O4/c1-16(28-20-12-10-17(15-24)11-13-20)23(27)29-21-9-5-8-19(14-21)25-22(26)18-6-3-2-4-7-18/h2-14,16H,1H3,(H,25,26). The van der Waals surface area contributed by atoms with Gasteiger partial charge >= 0.3 is 5.97 Å². The number of ether oxygens (including phenoxy) is 2. The van der Waals surface area contributed by atoms with Crippen LogP contribution in [-0.2, 0) is 4.79 Å². The zero-order chi connectivity index (χ0) is 20.6. The van der Waals surface area contributed by atoms with Crippen molar-refractivity contribution in [2.75, 3.05) is 5.32 Å². The van der Waals surface area contributed by atoms with E-state index in [0.717, 1.165) is 0 Å². The Bertz CT molecular complexity index is 1040. The molecule has 0 radical (unpaired) electrons. The molecule has 3 aromatic carbocycles. The fraction of sp³-hybridized carbons (Fsp3) is 0.0870. The first-order valence-corrected chi connectivity index (χ1v) is 8.90. The van der Waals surface area contributed by atoms with Gasteiger partial charge in [-0.25, -0.2) is 4.79 Å². The topological polar surface area (TPSA) is 88.4 Å². The predicted octanol–water partition coefficient (Wildman–Crippen LogP) is 4.18. The Morgan fingerprint density at radius 2 is 1.66 bits per heavy atom. The van der Waals surface area contributed by atoms with E-state index in [-0.39, 0.29) is 11.7 Å². The average Bonchev–Trinajstić information content (AvgIpc) is 2.75. The summed E-state index contributed by atoms with van der Waals surface area (Å²) in [5, 5.41) is 11.6. The number of anilines is 1. The molecule has 0 aliphatic carbocycles. The number of nitrogens with zero attached hydrogens (tertiary/aromatic N) is 1. The molecule has 29 heavy (non-hydrogen) atoms. The third-order valence-electron chi connectivity index (χ3n) is 3.97. The summed E-state index contributed by atoms with van der Waals surface area (Å²) >= 11 is 0. The minimum absolute atomic E-state index is 0.258. The number of nitriles is 1. The summed E-state index contributed by atoms with van der Waals surface area (Å²) < 4.78 is 10.9. The molecular formula is C23H18N2O4. The van der Waals surface area contributed by atoms with Gasteiger partial charge in [0.25, 0.3) is 5.91 Å². The quantitative estimate of drug-likeness (QED) is 0.507. The monoisotopic (exact) mass is 386 g/mol. The van der Waals surface area contributed by atoms with Gasteiger partial charge in [0.1, 0.15) is 11.5 Å². The molecule has 0 spiro atoms. The van der Waals surface area contributed by atoms with E-state index in [1.807, 2.05) is 12.1 Å². The van der Waals surface area contributed by atoms with E-state index in [0.29, 0.717) is 22.6 Å². The Morgan fingerprint density at radius 1 is 0.931 bits per heavy atom. The van der Waals surface area contributed by atoms with Gasteiger partial charge in [0.2, 0.25) is 0 Å². The molecule has 0 heterocycles. The second kappa shape index (κ2) is 9.20. The minimum atomic E-state index is -0.856. The average molecular weight is 386 g/mol. The summed E-state index contributed by atoms with van der Waals surface area (Å²) in [6.07, 6.45) is -0.856. The Kier molecular flexibility index (Phi) is 6.23. The number of nitrogens with one attached hydrogen (secondary N) is 1. The fourth-order valence-corrected chi connectivity index (χ4v) is 2.49. The van der Waals surface area contributed by atoms with Gasteiger partial charge in [-0.05, 0) is 55.5 Å². The number of amides is 1. The maximum atomic E-state index is 12.3. The van der Waals surface area contributed by atoms with Gasteiger partial charge in [-0.2, -0.15) is 5.26 Å². The minimum Gasteiger partial charge on any atom is -0.479 e. The number of esters is 1. The molecule has 0 aliphatic heterocycles. The summed E-state index contributed by atoms with van der Waals surface area (Å²) in [7, 11) is 0. The summed E-state index contributed by atoms with van der Waals surface area (Å²) in [6, 6.07) is 23.8. The van der Waals surface area contributed by atoms with Gasteiger partial charge in [-0.3, -0.25) is 4.79 Å². The normalized spacial score (nSPS) is 11.0. The molecule has 3 rings (SSSR count). The Morgan fingerprint density at radius 3 is 2.34 bits per heavy atom. The lowest BCUT2D eigenvalue weighted by Crippen LogP contribution is -2.28. The molecule has 6 heteroatoms. The second-order valence-corrected chi connectivity index (χ2v) is 6.17. The van der Waals surface area contributed by atoms with Gasteiger partial charge in [-0.1, -0.05) is 24.3 Å². The van der Waals surface area contributed by atoms with Gasteiger partial charge in [0.15, 0.2) is 6.10 Å². The zero-order valence-electron chi connectivity index (χ0n) is 15.7. The molecule has 1 atom stereocenters. The van der Waals surface area contributed by atoms with Crippen molar-refractivity contribution in [3.8, 4) is 17.6 Å². The van der Waals surface area contributed by atoms with Crippen LogP contribution < -0.4 is 14.8 Å². The van der Waals surface area contributed by atoms with E-state index in [4.69, 9.17) is 14.7 Å². The summed E-state index contributed by atoms with van der Waals surface area (Å²) in [5.74, 6) is -0.0963. The first-order valence-electron chi connectivity index (χ1n) is 8.90. The van der Waals surface area contributed by atoms with Gasteiger partial charge in [0, 0.05) is 17.3 Å². The molecule has 0 fully saturated rings. The van der Waals surface area contributed by atoms with E-state index in [2.05, 4.69) is 5.32 Å². The van der Waals surface area contributed by atoms with Crippen molar-refractivity contribution < 1.29 is 19.1 Å². The highest BCUT2D eigenvalue weighted by Crippen LogP contribution is 2.20. The summed E-state index contributed by atoms with van der Waals surface area (Å²) in [5.41, 5.74) is 1.53. The number of hydrogen-bond acceptors (Lipinski definition) is 5. The number of carbonyl (C=O) groups excluding carboxylic acids is 2. The first kappa shape index (κ1) is 19.6. The molecule has 0 aliphatic rings. The Balaban J connectivity index is 1.60. The highest BCUT2D eigenvalue weighted by molar-refractivity contribution is 6.04. The predicted molar refractivity (Wildman–Crippen MR) is 108 cm³/mol. The molecule has 144 valence electrons. The van der Waals surface area contributed by atoms with Gasteiger partial charge in [0.05, 0.1) is 11.6 Å². The number of carbonyl (C=O) groups is 2. The van der Waals surface area contributed by atoms with Crippen molar-refractivity contribution in [3.05, 3.63) is 90.0 Å². The van der Waals surface area contributed by atoms with Crippen molar-refractivity contribution in [1.82, 2.24) is 0 Å². The smallest absolute Gasteiger partial charge is 0.352 e. The molecule has 0 aromatic heterocycles. The summed E-state index contributed by atoms with van der Waals surface area (Å²) in [4.78, 5) is 24.6. The van der Waals surface area contributed by atoms with Crippen molar-refractivity contribution in [2.24, 2.45) is 0 Å². The first-order chi connectivity index (χ1) is 14.0. The van der Waals surface area contributed by atoms with Crippen LogP contribution in [0.3, 0.4) is 0 Å². The lowest BCUT2D eigenvalue weighted by atomic mass is 10.2. The lowest BCUT2D eigenvalue weighted by Gasteiger charge is -2.14. The Hall–Kier alpha value is -4.11. The highest BCUT2D eigenvalue weighted by Gasteiger charge is 2.18. The molecule has 0 saturated carbocycles. The van der Waals surface area contributed by atoms with E-state index < -0.39 is 12.1 Å². The van der Waals surface area contributed by atoms with Crippen LogP contribution >= 0.6 is 0 Å². The van der Waals surface area contributed by atoms with Crippen LogP contribution in [0.15, 0.2) is 78.9 Å². The van der Waals surface area contributed by atoms with Crippen LogP contribution in [0.1, 0.15) is 22.8 Å². The molecular weight excluding hydrogens is 368 g/mol. The van der Waals surface area contributed by atoms with Crippen LogP contribution in [-0.4, -0.2) is 18.0 Å². The SMILES string of the molecule is CC(Oc1ccc(C#N)cc1)C(=O)Oc1cccc(NC(=O)c2ccccc2)c1. The van der Waals surface area contributed by atoms with Crippen LogP contribution in [0.4, 0.5) is 5.69 Å². The lowest BCUT2D eigenvalue weighted by molar-refractivity contribution is -0.141. The molecule has 6 nitrogen and oxygen atoms in total. The molecule has 1 amide bonds. The zero-order valence-corrected chi connectivity index (χ0v) is 15.7. The van der Waals surface area contributed by atoms with E-state index in [1.165, 1.54) is 0 Å². The van der Waals surface area contributed by atoms with Crippen LogP contribution in [0.25, 0.3) is 0 Å². The second-order valence-electron chi connectivity index (χ2n) is 6.17. The maximum Gasteiger partial charge on any atom is 0.352 e. The number of rotatable bonds is 6. The molecule has 3 aromatic rings. The largest absolute Gasteiger partial charge is 0.479 e. The van der Waals surface area contributed by atoms with E-state index in [9.17, 15) is 9.59 Å². The number of hydrogen-bond donors (Lipinski definition) is 1. The third-order valence-corrected chi connectivity index (χ3v) is 3.97. The van der Waals surface area contributed by atoms with Crippen LogP contribution in [0.5, 0.6) is 11.5 Å². The number of benzene rings is 3. The Labute approximate surface area is 168 Å². The van der Waals surface area contributed by atoms with Crippen molar-refractivity contribution in [1.29, 1.82) is 5.26 Å². The maximum absolute atomic E-state index is 12.3. The molecule has 1 N–H and O–H groups in total. The fourth-order valence-electron chi connectivity index (χ4n) is 2.49. The van der Waals surface area contributed by atoms with Gasteiger partial charge in [-0.15, -0.1) is 0 Å². The van der Waals surface area contributed by atoms with Crippen molar-refractivity contribution in [3.63, 3.8) is 0 Å². The molecule has 1 unspecified atom stereocenters. The third kappa shape index (κ3) is 5.44.